The molecule has 8 nitrogen and oxygen atoms in total. The van der Waals surface area contributed by atoms with Crippen molar-refractivity contribution in [2.75, 3.05) is 43.0 Å². The third kappa shape index (κ3) is 5.45. The molecule has 220 valence electrons. The first kappa shape index (κ1) is 28.7. The van der Waals surface area contributed by atoms with Crippen LogP contribution >= 0.6 is 0 Å². The van der Waals surface area contributed by atoms with E-state index in [4.69, 9.17) is 16.4 Å². The van der Waals surface area contributed by atoms with E-state index in [1.165, 1.54) is 18.2 Å². The molecule has 2 aromatic heterocycles. The summed E-state index contributed by atoms with van der Waals surface area (Å²) in [7, 11) is 1.93. The van der Waals surface area contributed by atoms with Crippen LogP contribution in [0.3, 0.4) is 0 Å². The summed E-state index contributed by atoms with van der Waals surface area (Å²) in [5, 5.41) is 25.0. The van der Waals surface area contributed by atoms with Crippen molar-refractivity contribution in [2.45, 2.75) is 50.7 Å². The molecule has 6 rings (SSSR count). The maximum Gasteiger partial charge on any atom is 0.228 e. The molecule has 2 aromatic carbocycles. The lowest BCUT2D eigenvalue weighted by molar-refractivity contribution is 0.0349. The Morgan fingerprint density at radius 2 is 2.00 bits per heavy atom. The van der Waals surface area contributed by atoms with Crippen molar-refractivity contribution >= 4 is 33.4 Å². The van der Waals surface area contributed by atoms with Crippen molar-refractivity contribution in [3.05, 3.63) is 53.2 Å². The van der Waals surface area contributed by atoms with Gasteiger partial charge in [-0.05, 0) is 62.7 Å². The second-order valence-electron chi connectivity index (χ2n) is 11.8. The molecule has 2 N–H and O–H groups in total. The number of halogens is 2. The predicted molar refractivity (Wildman–Crippen MR) is 164 cm³/mol. The number of rotatable bonds is 5. The summed E-state index contributed by atoms with van der Waals surface area (Å²) >= 11 is 0. The third-order valence-corrected chi connectivity index (χ3v) is 8.64. The lowest BCUT2D eigenvalue weighted by Gasteiger charge is -2.36. The fourth-order valence-corrected chi connectivity index (χ4v) is 6.17. The smallest absolute Gasteiger partial charge is 0.228 e. The van der Waals surface area contributed by atoms with Crippen LogP contribution < -0.4 is 15.1 Å². The maximum atomic E-state index is 16.8. The minimum Gasteiger partial charge on any atom is -0.390 e. The average molecular weight is 582 g/mol. The molecular weight excluding hydrogens is 548 g/mol. The number of pyridine rings is 1. The highest BCUT2D eigenvalue weighted by Crippen LogP contribution is 2.38. The van der Waals surface area contributed by atoms with Crippen LogP contribution in [-0.4, -0.2) is 64.9 Å². The van der Waals surface area contributed by atoms with Gasteiger partial charge >= 0.3 is 0 Å². The Hall–Kier alpha value is -4.38. The van der Waals surface area contributed by atoms with Crippen LogP contribution in [0.25, 0.3) is 32.9 Å². The number of aromatic nitrogens is 3. The highest BCUT2D eigenvalue weighted by molar-refractivity contribution is 6.03. The zero-order valence-corrected chi connectivity index (χ0v) is 24.3. The molecule has 2 aliphatic rings. The van der Waals surface area contributed by atoms with E-state index in [9.17, 15) is 14.8 Å². The van der Waals surface area contributed by atoms with Gasteiger partial charge in [0.1, 0.15) is 22.8 Å². The second kappa shape index (κ2) is 11.4. The molecule has 0 radical (unpaired) electrons. The highest BCUT2D eigenvalue weighted by atomic mass is 19.1. The quantitative estimate of drug-likeness (QED) is 0.321. The summed E-state index contributed by atoms with van der Waals surface area (Å²) in [6, 6.07) is 8.21. The van der Waals surface area contributed by atoms with Gasteiger partial charge in [0.05, 0.1) is 28.2 Å². The largest absolute Gasteiger partial charge is 0.390 e. The van der Waals surface area contributed by atoms with E-state index >= 15 is 4.39 Å². The van der Waals surface area contributed by atoms with Crippen LogP contribution in [0.2, 0.25) is 0 Å². The number of terminal acetylenes is 1. The first-order valence-corrected chi connectivity index (χ1v) is 14.6. The van der Waals surface area contributed by atoms with Gasteiger partial charge in [0.2, 0.25) is 5.95 Å². The van der Waals surface area contributed by atoms with Crippen LogP contribution in [0.1, 0.15) is 50.2 Å². The molecule has 0 unspecified atom stereocenters. The van der Waals surface area contributed by atoms with Crippen molar-refractivity contribution in [2.24, 2.45) is 0 Å². The summed E-state index contributed by atoms with van der Waals surface area (Å²) in [5.41, 5.74) is -0.328. The number of aliphatic hydroxyl groups is 1. The summed E-state index contributed by atoms with van der Waals surface area (Å²) < 4.78 is 31.6. The Bertz CT molecular complexity index is 1790. The number of nitrogens with zero attached hydrogens (tertiary/aromatic N) is 6. The number of likely N-dealkylation sites (N-methyl/N-ethyl adjacent to an activating group) is 1. The van der Waals surface area contributed by atoms with Gasteiger partial charge in [-0.1, -0.05) is 18.4 Å². The highest BCUT2D eigenvalue weighted by Gasteiger charge is 2.30. The van der Waals surface area contributed by atoms with Gasteiger partial charge < -0.3 is 20.2 Å². The van der Waals surface area contributed by atoms with E-state index < -0.39 is 17.2 Å². The van der Waals surface area contributed by atoms with Crippen LogP contribution in [0.5, 0.6) is 0 Å². The second-order valence-corrected chi connectivity index (χ2v) is 11.8. The minimum absolute atomic E-state index is 0.0255. The molecule has 0 aliphatic carbocycles. The monoisotopic (exact) mass is 581 g/mol. The standard InChI is InChI=1S/C33H33F2N7O/c1-4-23-26(34)9-8-21-15-20(17-36)16-24(27(21)23)29-28(35)30-25(18-38-29)31(41(3)19-22-7-5-6-12-37-22)40-32(39-30)42-13-10-33(2,43)11-14-42/h1,8-9,15-16,18,22,37,43H,5-7,10-14,19H2,2-3H3/t22-/m0/s1. The molecule has 0 spiro atoms. The van der Waals surface area contributed by atoms with Crippen molar-refractivity contribution in [3.8, 4) is 29.7 Å². The normalized spacial score (nSPS) is 18.4. The van der Waals surface area contributed by atoms with E-state index in [0.717, 1.165) is 25.8 Å². The van der Waals surface area contributed by atoms with E-state index in [2.05, 4.69) is 22.3 Å². The molecule has 2 fully saturated rings. The van der Waals surface area contributed by atoms with Crippen LogP contribution in [0, 0.1) is 35.3 Å². The van der Waals surface area contributed by atoms with Gasteiger partial charge in [0, 0.05) is 49.9 Å². The molecular formula is C33H33F2N7O. The summed E-state index contributed by atoms with van der Waals surface area (Å²) in [6.07, 6.45) is 11.6. The zero-order valence-electron chi connectivity index (χ0n) is 24.3. The van der Waals surface area contributed by atoms with E-state index in [1.54, 1.807) is 12.3 Å². The number of benzene rings is 2. The van der Waals surface area contributed by atoms with Gasteiger partial charge in [-0.15, -0.1) is 6.42 Å². The minimum atomic E-state index is -0.779. The number of piperidine rings is 2. The fourth-order valence-electron chi connectivity index (χ4n) is 6.17. The summed E-state index contributed by atoms with van der Waals surface area (Å²) in [5.74, 6) is 1.98. The van der Waals surface area contributed by atoms with Gasteiger partial charge in [-0.2, -0.15) is 10.2 Å². The molecule has 4 aromatic rings. The van der Waals surface area contributed by atoms with Gasteiger partial charge in [-0.3, -0.25) is 4.98 Å². The van der Waals surface area contributed by atoms with Crippen LogP contribution in [0.15, 0.2) is 30.5 Å². The van der Waals surface area contributed by atoms with Crippen molar-refractivity contribution in [1.82, 2.24) is 20.3 Å². The molecule has 2 aliphatic heterocycles. The number of hydrogen-bond acceptors (Lipinski definition) is 8. The summed E-state index contributed by atoms with van der Waals surface area (Å²) in [4.78, 5) is 18.1. The lowest BCUT2D eigenvalue weighted by atomic mass is 9.94. The average Bonchev–Trinajstić information content (AvgIpc) is 3.01. The maximum absolute atomic E-state index is 16.8. The molecule has 0 amide bonds. The van der Waals surface area contributed by atoms with Crippen LogP contribution in [0.4, 0.5) is 20.5 Å². The number of nitriles is 1. The van der Waals surface area contributed by atoms with Gasteiger partial charge in [0.25, 0.3) is 0 Å². The fraction of sp³-hybridized carbons (Fsp3) is 0.394. The molecule has 0 bridgehead atoms. The van der Waals surface area contributed by atoms with Crippen molar-refractivity contribution in [1.29, 1.82) is 5.26 Å². The van der Waals surface area contributed by atoms with E-state index in [1.807, 2.05) is 23.8 Å². The number of hydrogen-bond donors (Lipinski definition) is 2. The molecule has 43 heavy (non-hydrogen) atoms. The van der Waals surface area contributed by atoms with Crippen molar-refractivity contribution < 1.29 is 13.9 Å². The van der Waals surface area contributed by atoms with E-state index in [0.29, 0.717) is 60.4 Å². The Morgan fingerprint density at radius 1 is 1.21 bits per heavy atom. The SMILES string of the molecule is C#Cc1c(F)ccc2cc(C#N)cc(-c3ncc4c(N(C)C[C@@H]5CCCCN5)nc(N5CCC(C)(O)CC5)nc4c3F)c12. The predicted octanol–water partition coefficient (Wildman–Crippen LogP) is 4.91. The number of nitrogens with one attached hydrogen (secondary N) is 1. The molecule has 0 saturated carbocycles. The zero-order chi connectivity index (χ0) is 30.3. The first-order chi connectivity index (χ1) is 20.7. The molecule has 1 atom stereocenters. The molecule has 10 heteroatoms. The van der Waals surface area contributed by atoms with Crippen LogP contribution in [-0.2, 0) is 0 Å². The molecule has 2 saturated heterocycles. The number of fused-ring (bicyclic) bond motifs is 2. The van der Waals surface area contributed by atoms with E-state index in [-0.39, 0.29) is 33.9 Å². The topological polar surface area (TPSA) is 101 Å². The Kier molecular flexibility index (Phi) is 7.59. The lowest BCUT2D eigenvalue weighted by Crippen LogP contribution is -2.44. The first-order valence-electron chi connectivity index (χ1n) is 14.6. The van der Waals surface area contributed by atoms with Gasteiger partial charge in [0.15, 0.2) is 5.82 Å². The van der Waals surface area contributed by atoms with Gasteiger partial charge in [-0.25, -0.2) is 13.8 Å². The Labute approximate surface area is 249 Å². The summed E-state index contributed by atoms with van der Waals surface area (Å²) in [6.45, 7) is 4.48. The number of anilines is 2. The Morgan fingerprint density at radius 3 is 2.70 bits per heavy atom. The Balaban J connectivity index is 1.55. The third-order valence-electron chi connectivity index (χ3n) is 8.64. The molecule has 4 heterocycles. The van der Waals surface area contributed by atoms with Crippen molar-refractivity contribution in [3.63, 3.8) is 0 Å².